The summed E-state index contributed by atoms with van der Waals surface area (Å²) >= 11 is 1.76. The first kappa shape index (κ1) is 27.4. The summed E-state index contributed by atoms with van der Waals surface area (Å²) in [5.41, 5.74) is 4.14. The standard InChI is InChI=1S/C16H19F2N3O3S.C3H7F.CH3NO/c1-19-15(22)13-9-21(16(23)24-13)10-7-11(17)14(12(18)8-10)20-3-2-5-25-6-4-20;1-2-3-4;2-1-3/h7-8,13H,2-6,9H2,1H3,(H,19,22);2-3H2,1H3;1H,(H2,2,3). The molecule has 3 amide bonds. The summed E-state index contributed by atoms with van der Waals surface area (Å²) in [6.07, 6.45) is -0.0327. The normalized spacial score (nSPS) is 17.8. The van der Waals surface area contributed by atoms with Crippen LogP contribution in [-0.2, 0) is 14.3 Å². The Morgan fingerprint density at radius 1 is 1.31 bits per heavy atom. The number of benzene rings is 1. The Balaban J connectivity index is 0.000000645. The van der Waals surface area contributed by atoms with Gasteiger partial charge in [0.15, 0.2) is 17.7 Å². The molecule has 1 unspecified atom stereocenters. The van der Waals surface area contributed by atoms with Gasteiger partial charge in [-0.25, -0.2) is 13.6 Å². The van der Waals surface area contributed by atoms with Crippen LogP contribution in [0.1, 0.15) is 19.8 Å². The van der Waals surface area contributed by atoms with Crippen molar-refractivity contribution >= 4 is 41.5 Å². The molecular weight excluding hydrogens is 449 g/mol. The number of amides is 3. The van der Waals surface area contributed by atoms with Gasteiger partial charge >= 0.3 is 6.09 Å². The number of thioether (sulfide) groups is 1. The molecule has 0 radical (unpaired) electrons. The third-order valence-corrected chi connectivity index (χ3v) is 5.44. The number of ether oxygens (including phenoxy) is 1. The summed E-state index contributed by atoms with van der Waals surface area (Å²) in [6.45, 7) is 2.70. The molecule has 0 aromatic heterocycles. The van der Waals surface area contributed by atoms with E-state index in [9.17, 15) is 22.8 Å². The van der Waals surface area contributed by atoms with Gasteiger partial charge in [0, 0.05) is 38.0 Å². The molecule has 2 heterocycles. The molecule has 2 aliphatic rings. The predicted molar refractivity (Wildman–Crippen MR) is 119 cm³/mol. The molecule has 2 aliphatic heterocycles. The highest BCUT2D eigenvalue weighted by Crippen LogP contribution is 2.32. The van der Waals surface area contributed by atoms with Crippen molar-refractivity contribution in [3.8, 4) is 0 Å². The smallest absolute Gasteiger partial charge is 0.415 e. The van der Waals surface area contributed by atoms with E-state index in [4.69, 9.17) is 9.53 Å². The van der Waals surface area contributed by atoms with Crippen LogP contribution in [0, 0.1) is 11.6 Å². The highest BCUT2D eigenvalue weighted by atomic mass is 32.2. The first-order chi connectivity index (χ1) is 15.3. The van der Waals surface area contributed by atoms with E-state index in [-0.39, 0.29) is 31.0 Å². The van der Waals surface area contributed by atoms with E-state index in [0.29, 0.717) is 19.5 Å². The number of halogens is 3. The van der Waals surface area contributed by atoms with E-state index in [1.54, 1.807) is 23.6 Å². The van der Waals surface area contributed by atoms with Gasteiger partial charge in [0.1, 0.15) is 5.69 Å². The number of alkyl halides is 1. The van der Waals surface area contributed by atoms with Gasteiger partial charge in [-0.1, -0.05) is 6.92 Å². The third kappa shape index (κ3) is 7.81. The van der Waals surface area contributed by atoms with E-state index < -0.39 is 29.7 Å². The molecular formula is C20H29F3N4O4S. The lowest BCUT2D eigenvalue weighted by atomic mass is 10.2. The van der Waals surface area contributed by atoms with Crippen molar-refractivity contribution in [2.24, 2.45) is 5.73 Å². The highest BCUT2D eigenvalue weighted by molar-refractivity contribution is 7.99. The number of likely N-dealkylation sites (N-methyl/N-ethyl adjacent to an activating group) is 1. The van der Waals surface area contributed by atoms with Crippen molar-refractivity contribution in [1.29, 1.82) is 0 Å². The lowest BCUT2D eigenvalue weighted by Gasteiger charge is -2.24. The first-order valence-corrected chi connectivity index (χ1v) is 11.2. The summed E-state index contributed by atoms with van der Waals surface area (Å²) in [5, 5.41) is 2.38. The van der Waals surface area contributed by atoms with Gasteiger partial charge in [-0.3, -0.25) is 18.9 Å². The number of carbonyl (C=O) groups excluding carboxylic acids is 3. The Hall–Kier alpha value is -2.63. The Kier molecular flexibility index (Phi) is 12.4. The number of cyclic esters (lactones) is 1. The molecule has 32 heavy (non-hydrogen) atoms. The molecule has 2 saturated heterocycles. The fourth-order valence-electron chi connectivity index (χ4n) is 2.95. The van der Waals surface area contributed by atoms with E-state index >= 15 is 0 Å². The summed E-state index contributed by atoms with van der Waals surface area (Å²) in [4.78, 5) is 34.9. The number of hydrogen-bond donors (Lipinski definition) is 2. The van der Waals surface area contributed by atoms with Gasteiger partial charge < -0.3 is 20.7 Å². The van der Waals surface area contributed by atoms with Crippen LogP contribution in [0.2, 0.25) is 0 Å². The molecule has 1 atom stereocenters. The first-order valence-electron chi connectivity index (χ1n) is 10.1. The number of carbonyl (C=O) groups is 3. The Morgan fingerprint density at radius 3 is 2.44 bits per heavy atom. The maximum absolute atomic E-state index is 14.6. The number of hydrogen-bond acceptors (Lipinski definition) is 6. The van der Waals surface area contributed by atoms with Crippen molar-refractivity contribution < 1.29 is 32.3 Å². The molecule has 2 fully saturated rings. The number of rotatable bonds is 4. The molecule has 8 nitrogen and oxygen atoms in total. The minimum absolute atomic E-state index is 0.0411. The molecule has 3 N–H and O–H groups in total. The van der Waals surface area contributed by atoms with Crippen LogP contribution in [0.3, 0.4) is 0 Å². The maximum Gasteiger partial charge on any atom is 0.415 e. The van der Waals surface area contributed by atoms with Crippen molar-refractivity contribution in [3.05, 3.63) is 23.8 Å². The number of nitrogens with one attached hydrogen (secondary N) is 1. The van der Waals surface area contributed by atoms with Crippen molar-refractivity contribution in [2.75, 3.05) is 54.7 Å². The van der Waals surface area contributed by atoms with Crippen molar-refractivity contribution in [1.82, 2.24) is 5.32 Å². The fourth-order valence-corrected chi connectivity index (χ4v) is 3.84. The molecule has 1 aromatic carbocycles. The van der Waals surface area contributed by atoms with Gasteiger partial charge in [0.2, 0.25) is 6.41 Å². The van der Waals surface area contributed by atoms with Gasteiger partial charge in [-0.2, -0.15) is 11.8 Å². The van der Waals surface area contributed by atoms with Crippen molar-refractivity contribution in [3.63, 3.8) is 0 Å². The minimum atomic E-state index is -0.995. The second-order valence-corrected chi connectivity index (χ2v) is 7.86. The van der Waals surface area contributed by atoms with Gasteiger partial charge in [-0.15, -0.1) is 0 Å². The molecule has 180 valence electrons. The Bertz CT molecular complexity index is 739. The molecule has 3 rings (SSSR count). The fraction of sp³-hybridized carbons (Fsp3) is 0.550. The molecule has 0 spiro atoms. The lowest BCUT2D eigenvalue weighted by molar-refractivity contribution is -0.127. The van der Waals surface area contributed by atoms with E-state index in [2.05, 4.69) is 11.1 Å². The van der Waals surface area contributed by atoms with Crippen molar-refractivity contribution in [2.45, 2.75) is 25.9 Å². The predicted octanol–water partition coefficient (Wildman–Crippen LogP) is 2.45. The van der Waals surface area contributed by atoms with Crippen LogP contribution in [-0.4, -0.2) is 69.4 Å². The zero-order valence-corrected chi connectivity index (χ0v) is 18.9. The second kappa shape index (κ2) is 14.4. The molecule has 0 saturated carbocycles. The van der Waals surface area contributed by atoms with Gasteiger partial charge in [-0.05, 0) is 18.6 Å². The molecule has 1 aromatic rings. The lowest BCUT2D eigenvalue weighted by Crippen LogP contribution is -2.35. The second-order valence-electron chi connectivity index (χ2n) is 6.63. The van der Waals surface area contributed by atoms with Crippen LogP contribution < -0.4 is 20.9 Å². The van der Waals surface area contributed by atoms with Gasteiger partial charge in [0.25, 0.3) is 5.91 Å². The average Bonchev–Trinajstić information content (AvgIpc) is 2.97. The maximum atomic E-state index is 14.6. The Morgan fingerprint density at radius 2 is 1.91 bits per heavy atom. The summed E-state index contributed by atoms with van der Waals surface area (Å²) < 4.78 is 44.8. The molecule has 0 bridgehead atoms. The van der Waals surface area contributed by atoms with Gasteiger partial charge in [0.05, 0.1) is 18.9 Å². The number of nitrogens with zero attached hydrogens (tertiary/aromatic N) is 2. The van der Waals surface area contributed by atoms with Crippen LogP contribution in [0.15, 0.2) is 12.1 Å². The number of nitrogens with two attached hydrogens (primary N) is 1. The molecule has 12 heteroatoms. The largest absolute Gasteiger partial charge is 0.434 e. The zero-order chi connectivity index (χ0) is 24.1. The SMILES string of the molecule is CCCF.CNC(=O)C1CN(c2cc(F)c(N3CCCSCC3)c(F)c2)C(=O)O1.NC=O. The topological polar surface area (TPSA) is 105 Å². The van der Waals surface area contributed by atoms with Crippen LogP contribution >= 0.6 is 11.8 Å². The van der Waals surface area contributed by atoms with E-state index in [1.165, 1.54) is 7.05 Å². The summed E-state index contributed by atoms with van der Waals surface area (Å²) in [7, 11) is 1.42. The number of primary amides is 1. The third-order valence-electron chi connectivity index (χ3n) is 4.39. The Labute approximate surface area is 189 Å². The van der Waals surface area contributed by atoms with E-state index in [0.717, 1.165) is 35.0 Å². The summed E-state index contributed by atoms with van der Waals surface area (Å²) in [6, 6.07) is 2.23. The van der Waals surface area contributed by atoms with Crippen LogP contribution in [0.5, 0.6) is 0 Å². The molecule has 0 aliphatic carbocycles. The zero-order valence-electron chi connectivity index (χ0n) is 18.1. The van der Waals surface area contributed by atoms with Crippen LogP contribution in [0.4, 0.5) is 29.3 Å². The van der Waals surface area contributed by atoms with Crippen LogP contribution in [0.25, 0.3) is 0 Å². The quantitative estimate of drug-likeness (QED) is 0.644. The monoisotopic (exact) mass is 478 g/mol. The minimum Gasteiger partial charge on any atom is -0.434 e. The summed E-state index contributed by atoms with van der Waals surface area (Å²) in [5.74, 6) is -0.128. The number of anilines is 2. The highest BCUT2D eigenvalue weighted by Gasteiger charge is 2.37. The van der Waals surface area contributed by atoms with E-state index in [1.807, 2.05) is 0 Å². The average molecular weight is 479 g/mol.